The summed E-state index contributed by atoms with van der Waals surface area (Å²) in [5, 5.41) is 20.6. The molecule has 0 aromatic heterocycles. The SMILES string of the molecule is O=C(CCCc1ccccc1)Nc1cc(C(=O)O)cc(C(=O)O)c1. The Hall–Kier alpha value is -3.15. The van der Waals surface area contributed by atoms with Gasteiger partial charge < -0.3 is 15.5 Å². The summed E-state index contributed by atoms with van der Waals surface area (Å²) in [4.78, 5) is 34.0. The van der Waals surface area contributed by atoms with Crippen LogP contribution in [0.5, 0.6) is 0 Å². The molecule has 124 valence electrons. The van der Waals surface area contributed by atoms with Gasteiger partial charge in [0.05, 0.1) is 11.1 Å². The lowest BCUT2D eigenvalue weighted by atomic mass is 10.1. The molecule has 0 bridgehead atoms. The minimum Gasteiger partial charge on any atom is -0.478 e. The molecule has 0 heterocycles. The number of benzene rings is 2. The molecule has 24 heavy (non-hydrogen) atoms. The van der Waals surface area contributed by atoms with Crippen molar-refractivity contribution in [3.8, 4) is 0 Å². The molecule has 2 rings (SSSR count). The van der Waals surface area contributed by atoms with Crippen molar-refractivity contribution < 1.29 is 24.6 Å². The second kappa shape index (κ2) is 7.92. The van der Waals surface area contributed by atoms with Crippen LogP contribution in [0.2, 0.25) is 0 Å². The number of carboxylic acid groups (broad SMARTS) is 2. The molecule has 6 nitrogen and oxygen atoms in total. The Balaban J connectivity index is 1.97. The van der Waals surface area contributed by atoms with Crippen LogP contribution in [-0.2, 0) is 11.2 Å². The lowest BCUT2D eigenvalue weighted by molar-refractivity contribution is -0.116. The number of aromatic carboxylic acids is 2. The molecule has 0 saturated carbocycles. The monoisotopic (exact) mass is 327 g/mol. The largest absolute Gasteiger partial charge is 0.478 e. The van der Waals surface area contributed by atoms with E-state index < -0.39 is 11.9 Å². The van der Waals surface area contributed by atoms with Crippen LogP contribution in [0.15, 0.2) is 48.5 Å². The van der Waals surface area contributed by atoms with Crippen LogP contribution >= 0.6 is 0 Å². The number of hydrogen-bond acceptors (Lipinski definition) is 3. The molecule has 0 aliphatic carbocycles. The molecular weight excluding hydrogens is 310 g/mol. The second-order valence-corrected chi connectivity index (χ2v) is 5.30. The molecule has 1 amide bonds. The maximum atomic E-state index is 12.0. The quantitative estimate of drug-likeness (QED) is 0.725. The lowest BCUT2D eigenvalue weighted by Crippen LogP contribution is -2.13. The summed E-state index contributed by atoms with van der Waals surface area (Å²) in [6.07, 6.45) is 1.65. The van der Waals surface area contributed by atoms with Gasteiger partial charge in [0.1, 0.15) is 0 Å². The third-order valence-corrected chi connectivity index (χ3v) is 3.42. The Bertz CT molecular complexity index is 723. The Morgan fingerprint density at radius 1 is 0.875 bits per heavy atom. The van der Waals surface area contributed by atoms with Gasteiger partial charge in [-0.05, 0) is 36.6 Å². The number of nitrogens with one attached hydrogen (secondary N) is 1. The number of aryl methyl sites for hydroxylation is 1. The van der Waals surface area contributed by atoms with E-state index in [1.807, 2.05) is 30.3 Å². The van der Waals surface area contributed by atoms with Crippen LogP contribution in [-0.4, -0.2) is 28.1 Å². The molecule has 0 radical (unpaired) electrons. The van der Waals surface area contributed by atoms with Crippen LogP contribution < -0.4 is 5.32 Å². The van der Waals surface area contributed by atoms with Crippen LogP contribution in [0, 0.1) is 0 Å². The highest BCUT2D eigenvalue weighted by molar-refractivity contribution is 5.98. The molecule has 0 unspecified atom stereocenters. The first-order chi connectivity index (χ1) is 11.5. The van der Waals surface area contributed by atoms with Gasteiger partial charge in [0.2, 0.25) is 5.91 Å². The molecule has 2 aromatic carbocycles. The van der Waals surface area contributed by atoms with E-state index in [1.54, 1.807) is 0 Å². The fourth-order valence-electron chi connectivity index (χ4n) is 2.27. The van der Waals surface area contributed by atoms with Crippen molar-refractivity contribution in [1.82, 2.24) is 0 Å². The number of carboxylic acids is 2. The van der Waals surface area contributed by atoms with Gasteiger partial charge in [-0.3, -0.25) is 4.79 Å². The molecule has 0 fully saturated rings. The maximum absolute atomic E-state index is 12.0. The van der Waals surface area contributed by atoms with Crippen LogP contribution in [0.25, 0.3) is 0 Å². The van der Waals surface area contributed by atoms with E-state index in [4.69, 9.17) is 10.2 Å². The molecular formula is C18H17NO5. The van der Waals surface area contributed by atoms with Crippen molar-refractivity contribution in [2.24, 2.45) is 0 Å². The fourth-order valence-corrected chi connectivity index (χ4v) is 2.27. The Kier molecular flexibility index (Phi) is 5.68. The summed E-state index contributed by atoms with van der Waals surface area (Å²) in [5.74, 6) is -2.79. The summed E-state index contributed by atoms with van der Waals surface area (Å²) in [5.41, 5.74) is 0.923. The minimum atomic E-state index is -1.25. The highest BCUT2D eigenvalue weighted by Crippen LogP contribution is 2.16. The number of carbonyl (C=O) groups is 3. The van der Waals surface area contributed by atoms with E-state index in [0.29, 0.717) is 6.42 Å². The Morgan fingerprint density at radius 2 is 1.46 bits per heavy atom. The van der Waals surface area contributed by atoms with E-state index in [-0.39, 0.29) is 29.1 Å². The van der Waals surface area contributed by atoms with E-state index in [2.05, 4.69) is 5.32 Å². The minimum absolute atomic E-state index is 0.164. The van der Waals surface area contributed by atoms with E-state index in [0.717, 1.165) is 18.1 Å². The van der Waals surface area contributed by atoms with Crippen molar-refractivity contribution in [2.75, 3.05) is 5.32 Å². The average molecular weight is 327 g/mol. The zero-order chi connectivity index (χ0) is 17.5. The molecule has 3 N–H and O–H groups in total. The zero-order valence-electron chi connectivity index (χ0n) is 12.9. The zero-order valence-corrected chi connectivity index (χ0v) is 12.9. The normalized spacial score (nSPS) is 10.2. The van der Waals surface area contributed by atoms with E-state index >= 15 is 0 Å². The van der Waals surface area contributed by atoms with Gasteiger partial charge >= 0.3 is 11.9 Å². The Morgan fingerprint density at radius 3 is 2.00 bits per heavy atom. The summed E-state index contributed by atoms with van der Waals surface area (Å²) in [6.45, 7) is 0. The predicted molar refractivity (Wildman–Crippen MR) is 88.4 cm³/mol. The standard InChI is InChI=1S/C18H17NO5/c20-16(8-4-7-12-5-2-1-3-6-12)19-15-10-13(17(21)22)9-14(11-15)18(23)24/h1-3,5-6,9-11H,4,7-8H2,(H,19,20)(H,21,22)(H,23,24). The first kappa shape index (κ1) is 17.2. The maximum Gasteiger partial charge on any atom is 0.335 e. The lowest BCUT2D eigenvalue weighted by Gasteiger charge is -2.08. The number of carbonyl (C=O) groups excluding carboxylic acids is 1. The predicted octanol–water partition coefficient (Wildman–Crippen LogP) is 3.04. The second-order valence-electron chi connectivity index (χ2n) is 5.30. The number of amides is 1. The highest BCUT2D eigenvalue weighted by atomic mass is 16.4. The first-order valence-electron chi connectivity index (χ1n) is 7.41. The molecule has 0 saturated heterocycles. The van der Waals surface area contributed by atoms with Gasteiger partial charge in [0.15, 0.2) is 0 Å². The van der Waals surface area contributed by atoms with Crippen molar-refractivity contribution in [3.05, 3.63) is 65.2 Å². The molecule has 6 heteroatoms. The molecule has 2 aromatic rings. The summed E-state index contributed by atoms with van der Waals surface area (Å²) >= 11 is 0. The van der Waals surface area contributed by atoms with Crippen molar-refractivity contribution in [2.45, 2.75) is 19.3 Å². The topological polar surface area (TPSA) is 104 Å². The third-order valence-electron chi connectivity index (χ3n) is 3.42. The third kappa shape index (κ3) is 4.95. The Labute approximate surface area is 138 Å². The number of hydrogen-bond donors (Lipinski definition) is 3. The molecule has 0 spiro atoms. The van der Waals surface area contributed by atoms with E-state index in [1.165, 1.54) is 12.1 Å². The van der Waals surface area contributed by atoms with E-state index in [9.17, 15) is 14.4 Å². The molecule has 0 aliphatic heterocycles. The fraction of sp³-hybridized carbons (Fsp3) is 0.167. The van der Waals surface area contributed by atoms with Crippen LogP contribution in [0.1, 0.15) is 39.1 Å². The molecule has 0 atom stereocenters. The van der Waals surface area contributed by atoms with Gasteiger partial charge in [-0.1, -0.05) is 30.3 Å². The number of rotatable bonds is 7. The van der Waals surface area contributed by atoms with Gasteiger partial charge in [-0.15, -0.1) is 0 Å². The van der Waals surface area contributed by atoms with Gasteiger partial charge in [0, 0.05) is 12.1 Å². The van der Waals surface area contributed by atoms with Crippen LogP contribution in [0.4, 0.5) is 5.69 Å². The van der Waals surface area contributed by atoms with Gasteiger partial charge in [-0.2, -0.15) is 0 Å². The summed E-state index contributed by atoms with van der Waals surface area (Å²) in [6, 6.07) is 13.3. The highest BCUT2D eigenvalue weighted by Gasteiger charge is 2.12. The smallest absolute Gasteiger partial charge is 0.335 e. The first-order valence-corrected chi connectivity index (χ1v) is 7.41. The van der Waals surface area contributed by atoms with Crippen molar-refractivity contribution in [3.63, 3.8) is 0 Å². The average Bonchev–Trinajstić information content (AvgIpc) is 2.55. The van der Waals surface area contributed by atoms with Gasteiger partial charge in [-0.25, -0.2) is 9.59 Å². The molecule has 0 aliphatic rings. The van der Waals surface area contributed by atoms with Crippen LogP contribution in [0.3, 0.4) is 0 Å². The van der Waals surface area contributed by atoms with Crippen molar-refractivity contribution >= 4 is 23.5 Å². The van der Waals surface area contributed by atoms with Crippen molar-refractivity contribution in [1.29, 1.82) is 0 Å². The number of anilines is 1. The summed E-state index contributed by atoms with van der Waals surface area (Å²) < 4.78 is 0. The summed E-state index contributed by atoms with van der Waals surface area (Å²) in [7, 11) is 0. The van der Waals surface area contributed by atoms with Gasteiger partial charge in [0.25, 0.3) is 0 Å².